The van der Waals surface area contributed by atoms with Crippen LogP contribution in [0.4, 0.5) is 5.82 Å². The van der Waals surface area contributed by atoms with Gasteiger partial charge in [0.05, 0.1) is 17.2 Å². The van der Waals surface area contributed by atoms with Gasteiger partial charge < -0.3 is 9.80 Å². The number of carbonyl (C=O) groups is 1. The second-order valence-electron chi connectivity index (χ2n) is 6.86. The maximum Gasteiger partial charge on any atom is 0.225 e. The number of nitrogens with zero attached hydrogens (tertiary/aromatic N) is 4. The molecule has 2 fully saturated rings. The molecule has 0 radical (unpaired) electrons. The SMILES string of the molecule is O=C(C1CCCCC1)N1CCN(c2cnc3ccccc3n2)CC1. The van der Waals surface area contributed by atoms with Gasteiger partial charge in [-0.2, -0.15) is 0 Å². The van der Waals surface area contributed by atoms with Gasteiger partial charge in [-0.25, -0.2) is 4.98 Å². The fraction of sp³-hybridized carbons (Fsp3) is 0.526. The van der Waals surface area contributed by atoms with Crippen molar-refractivity contribution in [2.24, 2.45) is 5.92 Å². The van der Waals surface area contributed by atoms with Gasteiger partial charge in [-0.3, -0.25) is 9.78 Å². The predicted molar refractivity (Wildman–Crippen MR) is 94.9 cm³/mol. The third-order valence-corrected chi connectivity index (χ3v) is 5.31. The van der Waals surface area contributed by atoms with Crippen LogP contribution in [0.2, 0.25) is 0 Å². The summed E-state index contributed by atoms with van der Waals surface area (Å²) in [6.07, 6.45) is 7.72. The third-order valence-electron chi connectivity index (χ3n) is 5.31. The van der Waals surface area contributed by atoms with E-state index in [1.807, 2.05) is 30.5 Å². The number of piperazine rings is 1. The molecule has 4 rings (SSSR count). The molecule has 1 amide bonds. The van der Waals surface area contributed by atoms with E-state index in [4.69, 9.17) is 4.98 Å². The van der Waals surface area contributed by atoms with Crippen LogP contribution in [0.5, 0.6) is 0 Å². The molecule has 2 aliphatic rings. The average Bonchev–Trinajstić information content (AvgIpc) is 2.68. The van der Waals surface area contributed by atoms with E-state index in [0.717, 1.165) is 55.9 Å². The number of para-hydroxylation sites is 2. The van der Waals surface area contributed by atoms with Crippen molar-refractivity contribution in [3.05, 3.63) is 30.5 Å². The van der Waals surface area contributed by atoms with Gasteiger partial charge in [-0.15, -0.1) is 0 Å². The molecular formula is C19H24N4O. The zero-order chi connectivity index (χ0) is 16.4. The number of amides is 1. The summed E-state index contributed by atoms with van der Waals surface area (Å²) in [5, 5.41) is 0. The minimum atomic E-state index is 0.269. The molecule has 5 heteroatoms. The molecule has 1 aromatic carbocycles. The third kappa shape index (κ3) is 3.07. The second-order valence-corrected chi connectivity index (χ2v) is 6.86. The smallest absolute Gasteiger partial charge is 0.225 e. The maximum absolute atomic E-state index is 12.7. The van der Waals surface area contributed by atoms with Crippen LogP contribution in [0.3, 0.4) is 0 Å². The van der Waals surface area contributed by atoms with Crippen molar-refractivity contribution in [1.82, 2.24) is 14.9 Å². The fourth-order valence-corrected chi connectivity index (χ4v) is 3.86. The number of hydrogen-bond donors (Lipinski definition) is 0. The Morgan fingerprint density at radius 2 is 1.67 bits per heavy atom. The van der Waals surface area contributed by atoms with Crippen molar-refractivity contribution in [2.45, 2.75) is 32.1 Å². The largest absolute Gasteiger partial charge is 0.352 e. The number of hydrogen-bond acceptors (Lipinski definition) is 4. The normalized spacial score (nSPS) is 19.7. The van der Waals surface area contributed by atoms with Crippen molar-refractivity contribution in [3.63, 3.8) is 0 Å². The Hall–Kier alpha value is -2.17. The second kappa shape index (κ2) is 6.75. The molecule has 5 nitrogen and oxygen atoms in total. The number of aromatic nitrogens is 2. The molecule has 0 unspecified atom stereocenters. The van der Waals surface area contributed by atoms with Crippen LogP contribution in [0.15, 0.2) is 30.5 Å². The van der Waals surface area contributed by atoms with Crippen molar-refractivity contribution in [2.75, 3.05) is 31.1 Å². The summed E-state index contributed by atoms with van der Waals surface area (Å²) in [4.78, 5) is 26.2. The predicted octanol–water partition coefficient (Wildman–Crippen LogP) is 2.86. The van der Waals surface area contributed by atoms with Gasteiger partial charge in [0.2, 0.25) is 5.91 Å². The van der Waals surface area contributed by atoms with Crippen LogP contribution in [0.25, 0.3) is 11.0 Å². The molecule has 1 saturated carbocycles. The summed E-state index contributed by atoms with van der Waals surface area (Å²) < 4.78 is 0. The lowest BCUT2D eigenvalue weighted by atomic mass is 9.88. The Labute approximate surface area is 142 Å². The van der Waals surface area contributed by atoms with E-state index in [2.05, 4.69) is 14.8 Å². The summed E-state index contributed by atoms with van der Waals surface area (Å²) in [6.45, 7) is 3.27. The van der Waals surface area contributed by atoms with Crippen molar-refractivity contribution in [3.8, 4) is 0 Å². The van der Waals surface area contributed by atoms with Gasteiger partial charge in [0.25, 0.3) is 0 Å². The van der Waals surface area contributed by atoms with E-state index in [0.29, 0.717) is 5.91 Å². The standard InChI is InChI=1S/C19H24N4O/c24-19(15-6-2-1-3-7-15)23-12-10-22(11-13-23)18-14-20-16-8-4-5-9-17(16)21-18/h4-5,8-9,14-15H,1-3,6-7,10-13H2. The Balaban J connectivity index is 1.40. The minimum absolute atomic E-state index is 0.269. The lowest BCUT2D eigenvalue weighted by molar-refractivity contribution is -0.136. The van der Waals surface area contributed by atoms with E-state index >= 15 is 0 Å². The highest BCUT2D eigenvalue weighted by molar-refractivity contribution is 5.79. The van der Waals surface area contributed by atoms with Gasteiger partial charge in [-0.05, 0) is 25.0 Å². The van der Waals surface area contributed by atoms with Gasteiger partial charge in [0, 0.05) is 32.1 Å². The van der Waals surface area contributed by atoms with Gasteiger partial charge >= 0.3 is 0 Å². The topological polar surface area (TPSA) is 49.3 Å². The molecule has 2 heterocycles. The molecule has 0 bridgehead atoms. The molecule has 1 aliphatic heterocycles. The molecule has 0 atom stereocenters. The van der Waals surface area contributed by atoms with E-state index in [-0.39, 0.29) is 5.92 Å². The molecule has 0 N–H and O–H groups in total. The number of anilines is 1. The Kier molecular flexibility index (Phi) is 4.32. The Morgan fingerprint density at radius 1 is 0.958 bits per heavy atom. The molecule has 24 heavy (non-hydrogen) atoms. The van der Waals surface area contributed by atoms with Crippen LogP contribution >= 0.6 is 0 Å². The summed E-state index contributed by atoms with van der Waals surface area (Å²) in [6, 6.07) is 7.94. The van der Waals surface area contributed by atoms with Crippen molar-refractivity contribution >= 4 is 22.8 Å². The quantitative estimate of drug-likeness (QED) is 0.852. The molecule has 2 aromatic rings. The average molecular weight is 324 g/mol. The van der Waals surface area contributed by atoms with Crippen LogP contribution in [0.1, 0.15) is 32.1 Å². The first-order chi connectivity index (χ1) is 11.8. The summed E-state index contributed by atoms with van der Waals surface area (Å²) >= 11 is 0. The van der Waals surface area contributed by atoms with E-state index in [1.165, 1.54) is 19.3 Å². The van der Waals surface area contributed by atoms with Crippen molar-refractivity contribution < 1.29 is 4.79 Å². The van der Waals surface area contributed by atoms with E-state index < -0.39 is 0 Å². The maximum atomic E-state index is 12.7. The first-order valence-electron chi connectivity index (χ1n) is 9.07. The van der Waals surface area contributed by atoms with E-state index in [9.17, 15) is 4.79 Å². The van der Waals surface area contributed by atoms with Crippen LogP contribution in [-0.4, -0.2) is 47.0 Å². The lowest BCUT2D eigenvalue weighted by Gasteiger charge is -2.37. The van der Waals surface area contributed by atoms with E-state index in [1.54, 1.807) is 0 Å². The zero-order valence-corrected chi connectivity index (χ0v) is 14.0. The lowest BCUT2D eigenvalue weighted by Crippen LogP contribution is -2.50. The molecule has 1 aromatic heterocycles. The monoisotopic (exact) mass is 324 g/mol. The Bertz CT molecular complexity index is 718. The number of fused-ring (bicyclic) bond motifs is 1. The highest BCUT2D eigenvalue weighted by atomic mass is 16.2. The summed E-state index contributed by atoms with van der Waals surface area (Å²) in [5.74, 6) is 1.56. The zero-order valence-electron chi connectivity index (χ0n) is 14.0. The molecule has 1 saturated heterocycles. The minimum Gasteiger partial charge on any atom is -0.352 e. The highest BCUT2D eigenvalue weighted by Crippen LogP contribution is 2.26. The summed E-state index contributed by atoms with van der Waals surface area (Å²) in [7, 11) is 0. The van der Waals surface area contributed by atoms with Gasteiger partial charge in [-0.1, -0.05) is 31.4 Å². The van der Waals surface area contributed by atoms with Crippen LogP contribution in [0, 0.1) is 5.92 Å². The summed E-state index contributed by atoms with van der Waals surface area (Å²) in [5.41, 5.74) is 1.85. The molecule has 0 spiro atoms. The molecule has 1 aliphatic carbocycles. The first-order valence-corrected chi connectivity index (χ1v) is 9.07. The number of carbonyl (C=O) groups excluding carboxylic acids is 1. The Morgan fingerprint density at radius 3 is 2.42 bits per heavy atom. The number of benzene rings is 1. The van der Waals surface area contributed by atoms with Crippen LogP contribution in [-0.2, 0) is 4.79 Å². The molecular weight excluding hydrogens is 300 g/mol. The van der Waals surface area contributed by atoms with Crippen LogP contribution < -0.4 is 4.90 Å². The first kappa shape index (κ1) is 15.4. The molecule has 126 valence electrons. The van der Waals surface area contributed by atoms with Gasteiger partial charge in [0.15, 0.2) is 0 Å². The van der Waals surface area contributed by atoms with Gasteiger partial charge in [0.1, 0.15) is 5.82 Å². The van der Waals surface area contributed by atoms with Crippen molar-refractivity contribution in [1.29, 1.82) is 0 Å². The highest BCUT2D eigenvalue weighted by Gasteiger charge is 2.28. The number of rotatable bonds is 2. The fourth-order valence-electron chi connectivity index (χ4n) is 3.86.